The molecule has 0 aliphatic carbocycles. The second kappa shape index (κ2) is 4.13. The third-order valence-electron chi connectivity index (χ3n) is 1.60. The molecule has 0 saturated carbocycles. The molecule has 0 atom stereocenters. The van der Waals surface area contributed by atoms with Crippen LogP contribution in [-0.4, -0.2) is 12.0 Å². The van der Waals surface area contributed by atoms with Crippen LogP contribution in [0, 0.1) is 0 Å². The van der Waals surface area contributed by atoms with Crippen LogP contribution in [0.4, 0.5) is 13.2 Å². The highest BCUT2D eigenvalue weighted by Crippen LogP contribution is 2.22. The number of hydrogen-bond acceptors (Lipinski definition) is 1. The van der Waals surface area contributed by atoms with Gasteiger partial charge in [0, 0.05) is 10.9 Å². The predicted molar refractivity (Wildman–Crippen MR) is 49.5 cm³/mol. The average Bonchev–Trinajstić information content (AvgIpc) is 2.15. The van der Waals surface area contributed by atoms with Crippen LogP contribution in [0.15, 0.2) is 24.3 Å². The van der Waals surface area contributed by atoms with Gasteiger partial charge >= 0.3 is 6.18 Å². The van der Waals surface area contributed by atoms with Gasteiger partial charge in [-0.1, -0.05) is 34.1 Å². The van der Waals surface area contributed by atoms with Crippen LogP contribution in [0.1, 0.15) is 15.9 Å². The molecule has 0 bridgehead atoms. The molecule has 5 heteroatoms. The van der Waals surface area contributed by atoms with Crippen molar-refractivity contribution in [1.29, 1.82) is 0 Å². The molecule has 0 aromatic heterocycles. The van der Waals surface area contributed by atoms with Crippen LogP contribution >= 0.6 is 15.9 Å². The van der Waals surface area contributed by atoms with Crippen molar-refractivity contribution in [2.45, 2.75) is 11.5 Å². The average molecular weight is 267 g/mol. The van der Waals surface area contributed by atoms with Crippen molar-refractivity contribution in [3.8, 4) is 0 Å². The monoisotopic (exact) mass is 266 g/mol. The molecule has 0 saturated heterocycles. The molecule has 0 fully saturated rings. The summed E-state index contributed by atoms with van der Waals surface area (Å²) in [6, 6.07) is 5.45. The van der Waals surface area contributed by atoms with E-state index in [9.17, 15) is 18.0 Å². The van der Waals surface area contributed by atoms with Gasteiger partial charge in [0.15, 0.2) is 0 Å². The van der Waals surface area contributed by atoms with Gasteiger partial charge in [0.2, 0.25) is 0 Å². The van der Waals surface area contributed by atoms with Crippen molar-refractivity contribution in [3.05, 3.63) is 35.4 Å². The van der Waals surface area contributed by atoms with Crippen LogP contribution in [-0.2, 0) is 5.33 Å². The van der Waals surface area contributed by atoms with Gasteiger partial charge in [0.05, 0.1) is 0 Å². The summed E-state index contributed by atoms with van der Waals surface area (Å²) in [5.41, 5.74) is 0.314. The number of benzene rings is 1. The van der Waals surface area contributed by atoms with Gasteiger partial charge in [0.25, 0.3) is 5.78 Å². The molecule has 0 radical (unpaired) electrons. The molecule has 1 rings (SSSR count). The highest BCUT2D eigenvalue weighted by atomic mass is 79.9. The van der Waals surface area contributed by atoms with E-state index in [1.165, 1.54) is 12.1 Å². The van der Waals surface area contributed by atoms with Crippen molar-refractivity contribution in [3.63, 3.8) is 0 Å². The first kappa shape index (κ1) is 11.2. The van der Waals surface area contributed by atoms with Crippen LogP contribution in [0.3, 0.4) is 0 Å². The van der Waals surface area contributed by atoms with E-state index in [2.05, 4.69) is 15.9 Å². The molecule has 1 aromatic rings. The number of carbonyl (C=O) groups is 1. The van der Waals surface area contributed by atoms with E-state index in [1.807, 2.05) is 0 Å². The fourth-order valence-electron chi connectivity index (χ4n) is 0.959. The Bertz CT molecular complexity index is 346. The number of ketones is 1. The summed E-state index contributed by atoms with van der Waals surface area (Å²) in [6.45, 7) is 0. The van der Waals surface area contributed by atoms with Gasteiger partial charge in [-0.25, -0.2) is 0 Å². The summed E-state index contributed by atoms with van der Waals surface area (Å²) in [7, 11) is 0. The van der Waals surface area contributed by atoms with Crippen LogP contribution in [0.5, 0.6) is 0 Å². The topological polar surface area (TPSA) is 17.1 Å². The molecule has 0 aliphatic heterocycles. The van der Waals surface area contributed by atoms with E-state index < -0.39 is 12.0 Å². The third-order valence-corrected chi connectivity index (χ3v) is 2.25. The van der Waals surface area contributed by atoms with Crippen molar-refractivity contribution < 1.29 is 18.0 Å². The molecule has 76 valence electrons. The lowest BCUT2D eigenvalue weighted by molar-refractivity contribution is -0.0885. The van der Waals surface area contributed by atoms with Gasteiger partial charge in [0.1, 0.15) is 0 Å². The standard InChI is InChI=1S/C9H6BrF3O/c10-5-6-2-1-3-7(4-6)8(14)9(11,12)13/h1-4H,5H2. The molecule has 0 spiro atoms. The first-order chi connectivity index (χ1) is 6.45. The molecule has 0 aliphatic rings. The van der Waals surface area contributed by atoms with E-state index in [0.717, 1.165) is 6.07 Å². The smallest absolute Gasteiger partial charge is 0.284 e. The summed E-state index contributed by atoms with van der Waals surface area (Å²) >= 11 is 3.10. The lowest BCUT2D eigenvalue weighted by Gasteiger charge is -2.05. The largest absolute Gasteiger partial charge is 0.454 e. The van der Waals surface area contributed by atoms with Gasteiger partial charge in [-0.05, 0) is 11.6 Å². The van der Waals surface area contributed by atoms with Gasteiger partial charge in [-0.15, -0.1) is 0 Å². The Morgan fingerprint density at radius 1 is 1.36 bits per heavy atom. The second-order valence-corrected chi connectivity index (χ2v) is 3.22. The fourth-order valence-corrected chi connectivity index (χ4v) is 1.31. The maximum atomic E-state index is 12.0. The predicted octanol–water partition coefficient (Wildman–Crippen LogP) is 3.33. The molecule has 0 N–H and O–H groups in total. The fraction of sp³-hybridized carbons (Fsp3) is 0.222. The van der Waals surface area contributed by atoms with Crippen molar-refractivity contribution in [2.24, 2.45) is 0 Å². The van der Waals surface area contributed by atoms with Crippen LogP contribution < -0.4 is 0 Å². The van der Waals surface area contributed by atoms with Crippen LogP contribution in [0.25, 0.3) is 0 Å². The lowest BCUT2D eigenvalue weighted by Crippen LogP contribution is -2.22. The Kier molecular flexibility index (Phi) is 3.31. The Balaban J connectivity index is 3.02. The Labute approximate surface area is 87.1 Å². The number of halogens is 4. The van der Waals surface area contributed by atoms with E-state index in [1.54, 1.807) is 6.07 Å². The molecule has 0 heterocycles. The molecule has 0 amide bonds. The van der Waals surface area contributed by atoms with Gasteiger partial charge in [-0.2, -0.15) is 13.2 Å². The maximum Gasteiger partial charge on any atom is 0.454 e. The van der Waals surface area contributed by atoms with E-state index in [-0.39, 0.29) is 5.56 Å². The van der Waals surface area contributed by atoms with E-state index in [0.29, 0.717) is 10.9 Å². The Morgan fingerprint density at radius 3 is 2.50 bits per heavy atom. The van der Waals surface area contributed by atoms with E-state index in [4.69, 9.17) is 0 Å². The van der Waals surface area contributed by atoms with Crippen molar-refractivity contribution in [1.82, 2.24) is 0 Å². The van der Waals surface area contributed by atoms with Crippen molar-refractivity contribution >= 4 is 21.7 Å². The second-order valence-electron chi connectivity index (χ2n) is 2.66. The summed E-state index contributed by atoms with van der Waals surface area (Å²) in [4.78, 5) is 10.8. The molecular weight excluding hydrogens is 261 g/mol. The molecule has 14 heavy (non-hydrogen) atoms. The number of carbonyl (C=O) groups excluding carboxylic acids is 1. The van der Waals surface area contributed by atoms with E-state index >= 15 is 0 Å². The zero-order valence-corrected chi connectivity index (χ0v) is 8.52. The summed E-state index contributed by atoms with van der Waals surface area (Å²) < 4.78 is 36.0. The number of hydrogen-bond donors (Lipinski definition) is 0. The first-order valence-electron chi connectivity index (χ1n) is 3.71. The maximum absolute atomic E-state index is 12.0. The Morgan fingerprint density at radius 2 is 2.00 bits per heavy atom. The number of alkyl halides is 4. The zero-order valence-electron chi connectivity index (χ0n) is 6.94. The van der Waals surface area contributed by atoms with Gasteiger partial charge < -0.3 is 0 Å². The normalized spacial score (nSPS) is 11.4. The lowest BCUT2D eigenvalue weighted by atomic mass is 10.1. The number of rotatable bonds is 2. The minimum Gasteiger partial charge on any atom is -0.284 e. The minimum atomic E-state index is -4.80. The zero-order chi connectivity index (χ0) is 10.8. The summed E-state index contributed by atoms with van der Waals surface area (Å²) in [6.07, 6.45) is -4.80. The van der Waals surface area contributed by atoms with Crippen LogP contribution in [0.2, 0.25) is 0 Å². The van der Waals surface area contributed by atoms with Gasteiger partial charge in [-0.3, -0.25) is 4.79 Å². The quantitative estimate of drug-likeness (QED) is 0.593. The Hall–Kier alpha value is -0.840. The molecule has 1 aromatic carbocycles. The molecular formula is C9H6BrF3O. The number of Topliss-reactive ketones (excluding diaryl/α,β-unsaturated/α-hetero) is 1. The third kappa shape index (κ3) is 2.57. The molecule has 1 nitrogen and oxygen atoms in total. The highest BCUT2D eigenvalue weighted by Gasteiger charge is 2.39. The highest BCUT2D eigenvalue weighted by molar-refractivity contribution is 9.08. The molecule has 0 unspecified atom stereocenters. The minimum absolute atomic E-state index is 0.325. The SMILES string of the molecule is O=C(c1cccc(CBr)c1)C(F)(F)F. The summed E-state index contributed by atoms with van der Waals surface area (Å²) in [5, 5.41) is 0.423. The van der Waals surface area contributed by atoms with Crippen molar-refractivity contribution in [2.75, 3.05) is 0 Å². The first-order valence-corrected chi connectivity index (χ1v) is 4.83. The summed E-state index contributed by atoms with van der Waals surface area (Å²) in [5.74, 6) is -1.81.